The molecule has 0 heterocycles. The van der Waals surface area contributed by atoms with Crippen LogP contribution in [0.25, 0.3) is 0 Å². The summed E-state index contributed by atoms with van der Waals surface area (Å²) in [6.07, 6.45) is 8.52. The number of unbranched alkanes of at least 4 members (excludes halogenated alkanes) is 1. The smallest absolute Gasteiger partial charge is 0.162 e. The number of hydrogen-bond donors (Lipinski definition) is 0. The molecule has 2 rings (SSSR count). The van der Waals surface area contributed by atoms with Crippen molar-refractivity contribution >= 4 is 27.4 Å². The van der Waals surface area contributed by atoms with Gasteiger partial charge in [-0.2, -0.15) is 0 Å². The molecule has 1 aromatic carbocycles. The van der Waals surface area contributed by atoms with E-state index in [2.05, 4.69) is 10.8 Å². The van der Waals surface area contributed by atoms with Gasteiger partial charge in [-0.25, -0.2) is 0 Å². The monoisotopic (exact) mass is 294 g/mol. The first-order chi connectivity index (χ1) is 9.36. The quantitative estimate of drug-likeness (QED) is 0.365. The summed E-state index contributed by atoms with van der Waals surface area (Å²) in [5.74, 6) is 1.47. The lowest BCUT2D eigenvalue weighted by Gasteiger charge is -2.07. The van der Waals surface area contributed by atoms with Crippen LogP contribution in [0.15, 0.2) is 30.3 Å². The van der Waals surface area contributed by atoms with Crippen LogP contribution in [0.3, 0.4) is 0 Å². The van der Waals surface area contributed by atoms with Crippen LogP contribution in [0.1, 0.15) is 55.3 Å². The van der Waals surface area contributed by atoms with E-state index in [0.717, 1.165) is 23.7 Å². The summed E-state index contributed by atoms with van der Waals surface area (Å²) in [4.78, 5) is 11.9. The van der Waals surface area contributed by atoms with Crippen molar-refractivity contribution in [3.63, 3.8) is 0 Å². The predicted molar refractivity (Wildman–Crippen MR) is 86.9 cm³/mol. The Kier molecular flexibility index (Phi) is 6.86. The molecule has 0 spiro atoms. The highest BCUT2D eigenvalue weighted by molar-refractivity contribution is 8.76. The second kappa shape index (κ2) is 8.70. The van der Waals surface area contributed by atoms with Crippen LogP contribution in [0.2, 0.25) is 0 Å². The Labute approximate surface area is 124 Å². The van der Waals surface area contributed by atoms with Gasteiger partial charge in [-0.1, -0.05) is 64.8 Å². The maximum atomic E-state index is 11.9. The fourth-order valence-electron chi connectivity index (χ4n) is 2.34. The minimum atomic E-state index is 0.286. The Morgan fingerprint density at radius 2 is 1.84 bits per heavy atom. The molecule has 1 aromatic rings. The normalized spacial score (nSPS) is 15.8. The van der Waals surface area contributed by atoms with Gasteiger partial charge in [0.25, 0.3) is 0 Å². The van der Waals surface area contributed by atoms with Crippen molar-refractivity contribution in [2.45, 2.75) is 50.2 Å². The zero-order valence-corrected chi connectivity index (χ0v) is 13.0. The predicted octanol–water partition coefficient (Wildman–Crippen LogP) is 5.36. The molecular formula is C16H22OS2. The first kappa shape index (κ1) is 15.0. The lowest BCUT2D eigenvalue weighted by Crippen LogP contribution is -1.98. The first-order valence-electron chi connectivity index (χ1n) is 7.23. The highest BCUT2D eigenvalue weighted by atomic mass is 33.1. The van der Waals surface area contributed by atoms with Crippen molar-refractivity contribution in [2.24, 2.45) is 0 Å². The Morgan fingerprint density at radius 3 is 2.58 bits per heavy atom. The third kappa shape index (κ3) is 5.62. The second-order valence-corrected chi connectivity index (χ2v) is 7.86. The summed E-state index contributed by atoms with van der Waals surface area (Å²) >= 11 is 0. The lowest BCUT2D eigenvalue weighted by molar-refractivity contribution is 0.0980. The largest absolute Gasteiger partial charge is 0.294 e. The van der Waals surface area contributed by atoms with E-state index in [-0.39, 0.29) is 5.78 Å². The maximum Gasteiger partial charge on any atom is 0.162 e. The number of Topliss-reactive ketones (excluding diaryl/α,β-unsaturated/α-hetero) is 1. The number of benzene rings is 1. The number of carbonyl (C=O) groups is 1. The topological polar surface area (TPSA) is 17.1 Å². The molecule has 0 aliphatic heterocycles. The maximum absolute atomic E-state index is 11.9. The lowest BCUT2D eigenvalue weighted by atomic mass is 10.1. The van der Waals surface area contributed by atoms with E-state index in [1.807, 2.05) is 41.1 Å². The van der Waals surface area contributed by atoms with E-state index in [1.165, 1.54) is 31.4 Å². The van der Waals surface area contributed by atoms with E-state index >= 15 is 0 Å². The fraction of sp³-hybridized carbons (Fsp3) is 0.562. The Bertz CT molecular complexity index is 372. The second-order valence-electron chi connectivity index (χ2n) is 5.07. The van der Waals surface area contributed by atoms with E-state index in [0.29, 0.717) is 6.42 Å². The Hall–Kier alpha value is -0.410. The minimum absolute atomic E-state index is 0.286. The van der Waals surface area contributed by atoms with Crippen LogP contribution in [-0.4, -0.2) is 16.8 Å². The summed E-state index contributed by atoms with van der Waals surface area (Å²) in [7, 11) is 4.07. The van der Waals surface area contributed by atoms with Crippen LogP contribution >= 0.6 is 21.6 Å². The molecule has 1 saturated carbocycles. The van der Waals surface area contributed by atoms with E-state index in [9.17, 15) is 4.79 Å². The standard InChI is InChI=1S/C16H22OS2/c17-16(14-8-2-1-3-9-14)12-6-7-13-18-19-15-10-4-5-11-15/h1-3,8-9,15H,4-7,10-13H2. The van der Waals surface area contributed by atoms with Crippen molar-refractivity contribution in [3.05, 3.63) is 35.9 Å². The molecule has 0 N–H and O–H groups in total. The van der Waals surface area contributed by atoms with E-state index in [1.54, 1.807) is 0 Å². The molecule has 104 valence electrons. The Morgan fingerprint density at radius 1 is 1.11 bits per heavy atom. The van der Waals surface area contributed by atoms with Gasteiger partial charge in [0.1, 0.15) is 0 Å². The highest BCUT2D eigenvalue weighted by Crippen LogP contribution is 2.37. The third-order valence-corrected chi connectivity index (χ3v) is 6.54. The Balaban J connectivity index is 1.51. The van der Waals surface area contributed by atoms with Crippen LogP contribution in [0.5, 0.6) is 0 Å². The van der Waals surface area contributed by atoms with Gasteiger partial charge in [0.15, 0.2) is 5.78 Å². The zero-order valence-electron chi connectivity index (χ0n) is 11.3. The van der Waals surface area contributed by atoms with Crippen molar-refractivity contribution in [2.75, 3.05) is 5.75 Å². The number of hydrogen-bond acceptors (Lipinski definition) is 3. The van der Waals surface area contributed by atoms with Crippen LogP contribution < -0.4 is 0 Å². The molecule has 1 aliphatic carbocycles. The molecule has 1 nitrogen and oxygen atoms in total. The molecule has 0 unspecified atom stereocenters. The molecule has 3 heteroatoms. The molecule has 0 amide bonds. The molecule has 0 bridgehead atoms. The van der Waals surface area contributed by atoms with Gasteiger partial charge in [0.2, 0.25) is 0 Å². The summed E-state index contributed by atoms with van der Waals surface area (Å²) in [6, 6.07) is 9.64. The van der Waals surface area contributed by atoms with Crippen LogP contribution in [0, 0.1) is 0 Å². The number of rotatable bonds is 8. The molecular weight excluding hydrogens is 272 g/mol. The molecule has 0 aromatic heterocycles. The summed E-state index contributed by atoms with van der Waals surface area (Å²) in [5, 5.41) is 0.899. The molecule has 0 saturated heterocycles. The van der Waals surface area contributed by atoms with Gasteiger partial charge >= 0.3 is 0 Å². The van der Waals surface area contributed by atoms with E-state index in [4.69, 9.17) is 0 Å². The summed E-state index contributed by atoms with van der Waals surface area (Å²) in [6.45, 7) is 0. The van der Waals surface area contributed by atoms with Gasteiger partial charge in [-0.15, -0.1) is 0 Å². The zero-order chi connectivity index (χ0) is 13.3. The van der Waals surface area contributed by atoms with E-state index < -0.39 is 0 Å². The van der Waals surface area contributed by atoms with Crippen LogP contribution in [-0.2, 0) is 0 Å². The van der Waals surface area contributed by atoms with Crippen molar-refractivity contribution in [1.82, 2.24) is 0 Å². The van der Waals surface area contributed by atoms with Crippen molar-refractivity contribution < 1.29 is 4.79 Å². The molecule has 1 aliphatic rings. The molecule has 0 radical (unpaired) electrons. The number of carbonyl (C=O) groups excluding carboxylic acids is 1. The number of ketones is 1. The minimum Gasteiger partial charge on any atom is -0.294 e. The van der Waals surface area contributed by atoms with Gasteiger partial charge in [0.05, 0.1) is 0 Å². The van der Waals surface area contributed by atoms with Crippen molar-refractivity contribution in [3.8, 4) is 0 Å². The van der Waals surface area contributed by atoms with Crippen LogP contribution in [0.4, 0.5) is 0 Å². The van der Waals surface area contributed by atoms with Crippen molar-refractivity contribution in [1.29, 1.82) is 0 Å². The molecule has 0 atom stereocenters. The van der Waals surface area contributed by atoms with Gasteiger partial charge in [-0.3, -0.25) is 4.79 Å². The summed E-state index contributed by atoms with van der Waals surface area (Å²) in [5.41, 5.74) is 0.857. The third-order valence-electron chi connectivity index (χ3n) is 3.48. The molecule has 19 heavy (non-hydrogen) atoms. The average Bonchev–Trinajstić information content (AvgIpc) is 2.96. The highest BCUT2D eigenvalue weighted by Gasteiger charge is 2.15. The first-order valence-corrected chi connectivity index (χ1v) is 9.61. The summed E-state index contributed by atoms with van der Waals surface area (Å²) < 4.78 is 0. The van der Waals surface area contributed by atoms with Gasteiger partial charge in [0, 0.05) is 23.0 Å². The fourth-order valence-corrected chi connectivity index (χ4v) is 5.28. The molecule has 1 fully saturated rings. The SMILES string of the molecule is O=C(CCCCSSC1CCCC1)c1ccccc1. The average molecular weight is 294 g/mol. The van der Waals surface area contributed by atoms with Gasteiger partial charge in [-0.05, 0) is 25.7 Å². The van der Waals surface area contributed by atoms with Gasteiger partial charge < -0.3 is 0 Å².